The predicted molar refractivity (Wildman–Crippen MR) is 127 cm³/mol. The van der Waals surface area contributed by atoms with E-state index in [2.05, 4.69) is 74.6 Å². The van der Waals surface area contributed by atoms with Crippen molar-refractivity contribution in [3.05, 3.63) is 90.0 Å². The first-order valence-corrected chi connectivity index (χ1v) is 10.8. The summed E-state index contributed by atoms with van der Waals surface area (Å²) in [7, 11) is 2.19. The van der Waals surface area contributed by atoms with Gasteiger partial charge in [-0.15, -0.1) is 0 Å². The number of pyridine rings is 1. The van der Waals surface area contributed by atoms with Crippen molar-refractivity contribution in [1.29, 1.82) is 0 Å². The van der Waals surface area contributed by atoms with E-state index >= 15 is 0 Å². The molecule has 0 amide bonds. The zero-order valence-corrected chi connectivity index (χ0v) is 18.2. The molecule has 3 aromatic heterocycles. The Bertz CT molecular complexity index is 1240. The van der Waals surface area contributed by atoms with Crippen molar-refractivity contribution in [3.8, 4) is 11.3 Å². The molecule has 1 saturated heterocycles. The number of nitrogens with zero attached hydrogens (tertiary/aromatic N) is 4. The van der Waals surface area contributed by atoms with Crippen molar-refractivity contribution in [3.63, 3.8) is 0 Å². The smallest absolute Gasteiger partial charge is 0.131 e. The van der Waals surface area contributed by atoms with Crippen molar-refractivity contribution in [2.45, 2.75) is 12.3 Å². The normalized spacial score (nSPS) is 16.6. The van der Waals surface area contributed by atoms with E-state index in [4.69, 9.17) is 11.6 Å². The van der Waals surface area contributed by atoms with Crippen molar-refractivity contribution in [1.82, 2.24) is 19.3 Å². The number of halogens is 1. The maximum Gasteiger partial charge on any atom is 0.131 e. The average molecular weight is 430 g/mol. The van der Waals surface area contributed by atoms with Crippen molar-refractivity contribution in [2.24, 2.45) is 0 Å². The van der Waals surface area contributed by atoms with E-state index in [-0.39, 0.29) is 0 Å². The minimum atomic E-state index is 0.560. The van der Waals surface area contributed by atoms with Crippen LogP contribution in [-0.2, 0) is 0 Å². The van der Waals surface area contributed by atoms with Crippen molar-refractivity contribution < 1.29 is 0 Å². The molecule has 5 rings (SSSR count). The van der Waals surface area contributed by atoms with Crippen LogP contribution in [0, 0.1) is 0 Å². The molecule has 1 aliphatic rings. The summed E-state index contributed by atoms with van der Waals surface area (Å²) in [6.45, 7) is 6.40. The molecule has 1 N–H and O–H groups in total. The lowest BCUT2D eigenvalue weighted by atomic mass is 9.98. The lowest BCUT2D eigenvalue weighted by molar-refractivity contribution is 0.412. The van der Waals surface area contributed by atoms with E-state index < -0.39 is 0 Å². The summed E-state index contributed by atoms with van der Waals surface area (Å²) in [4.78, 5) is 11.0. The summed E-state index contributed by atoms with van der Waals surface area (Å²) in [6.07, 6.45) is 6.66. The second-order valence-corrected chi connectivity index (χ2v) is 8.54. The van der Waals surface area contributed by atoms with E-state index in [1.807, 2.05) is 12.5 Å². The van der Waals surface area contributed by atoms with Gasteiger partial charge in [0, 0.05) is 29.7 Å². The summed E-state index contributed by atoms with van der Waals surface area (Å²) in [6, 6.07) is 16.4. The van der Waals surface area contributed by atoms with Crippen LogP contribution < -0.4 is 5.32 Å². The molecule has 0 spiro atoms. The van der Waals surface area contributed by atoms with Gasteiger partial charge in [0.15, 0.2) is 0 Å². The SMILES string of the molecule is C=C(Nc1cc(Cl)ccn1)c1ccc(-c2cc(C3CCN(C)C3)c3ccncn23)cc1. The fraction of sp³-hybridized carbons (Fsp3) is 0.200. The van der Waals surface area contributed by atoms with Crippen molar-refractivity contribution in [2.75, 3.05) is 25.5 Å². The standard InChI is InChI=1S/C25H24ClN5/c1-17(29-25-13-21(26)7-11-28-25)18-3-5-19(6-4-18)24-14-22(20-9-12-30(2)15-20)23-8-10-27-16-31(23)24/h3-8,10-11,13-14,16,20H,1,9,12,15H2,2H3,(H,28,29). The van der Waals surface area contributed by atoms with Gasteiger partial charge in [-0.3, -0.25) is 0 Å². The zero-order valence-electron chi connectivity index (χ0n) is 17.4. The molecule has 1 aromatic carbocycles. The summed E-state index contributed by atoms with van der Waals surface area (Å²) in [5.41, 5.74) is 6.74. The van der Waals surface area contributed by atoms with Crippen LogP contribution in [0.4, 0.5) is 5.82 Å². The summed E-state index contributed by atoms with van der Waals surface area (Å²) in [5, 5.41) is 3.86. The second-order valence-electron chi connectivity index (χ2n) is 8.11. The number of fused-ring (bicyclic) bond motifs is 1. The van der Waals surface area contributed by atoms with Crippen LogP contribution in [-0.4, -0.2) is 39.4 Å². The van der Waals surface area contributed by atoms with Gasteiger partial charge in [-0.25, -0.2) is 9.97 Å². The van der Waals surface area contributed by atoms with E-state index in [1.54, 1.807) is 18.3 Å². The third-order valence-corrected chi connectivity index (χ3v) is 6.20. The zero-order chi connectivity index (χ0) is 21.4. The molecule has 0 aliphatic carbocycles. The molecule has 1 unspecified atom stereocenters. The molecule has 4 heterocycles. The quantitative estimate of drug-likeness (QED) is 0.451. The highest BCUT2D eigenvalue weighted by atomic mass is 35.5. The molecule has 1 aliphatic heterocycles. The van der Waals surface area contributed by atoms with Gasteiger partial charge in [0.25, 0.3) is 0 Å². The summed E-state index contributed by atoms with van der Waals surface area (Å²) in [5.74, 6) is 1.24. The van der Waals surface area contributed by atoms with Crippen LogP contribution in [0.2, 0.25) is 5.02 Å². The molecule has 4 aromatic rings. The number of likely N-dealkylation sites (N-methyl/N-ethyl adjacent to an activating group) is 1. The monoisotopic (exact) mass is 429 g/mol. The highest BCUT2D eigenvalue weighted by molar-refractivity contribution is 6.30. The number of nitrogens with one attached hydrogen (secondary N) is 1. The second kappa shape index (κ2) is 8.17. The Hall–Kier alpha value is -3.15. The minimum absolute atomic E-state index is 0.560. The number of hydrogen-bond acceptors (Lipinski definition) is 4. The Balaban J connectivity index is 1.44. The van der Waals surface area contributed by atoms with Gasteiger partial charge in [0.05, 0.1) is 17.5 Å². The van der Waals surface area contributed by atoms with E-state index in [9.17, 15) is 0 Å². The third kappa shape index (κ3) is 3.94. The molecule has 1 atom stereocenters. The molecule has 1 fully saturated rings. The Morgan fingerprint density at radius 1 is 1.13 bits per heavy atom. The van der Waals surface area contributed by atoms with Gasteiger partial charge in [0.1, 0.15) is 5.82 Å². The van der Waals surface area contributed by atoms with Gasteiger partial charge in [-0.05, 0) is 66.9 Å². The minimum Gasteiger partial charge on any atom is -0.340 e. The van der Waals surface area contributed by atoms with Crippen LogP contribution in [0.1, 0.15) is 23.5 Å². The highest BCUT2D eigenvalue weighted by Crippen LogP contribution is 2.35. The van der Waals surface area contributed by atoms with Gasteiger partial charge in [-0.1, -0.05) is 42.4 Å². The number of rotatable bonds is 5. The van der Waals surface area contributed by atoms with Crippen LogP contribution in [0.5, 0.6) is 0 Å². The maximum atomic E-state index is 6.05. The molecule has 0 radical (unpaired) electrons. The first-order chi connectivity index (χ1) is 15.1. The molecular formula is C25H24ClN5. The number of benzene rings is 1. The molecule has 0 saturated carbocycles. The average Bonchev–Trinajstić information content (AvgIpc) is 3.37. The Morgan fingerprint density at radius 3 is 2.71 bits per heavy atom. The van der Waals surface area contributed by atoms with Gasteiger partial charge in [0.2, 0.25) is 0 Å². The van der Waals surface area contributed by atoms with Gasteiger partial charge >= 0.3 is 0 Å². The Kier molecular flexibility index (Phi) is 5.22. The number of hydrogen-bond donors (Lipinski definition) is 1. The molecule has 156 valence electrons. The highest BCUT2D eigenvalue weighted by Gasteiger charge is 2.25. The maximum absolute atomic E-state index is 6.05. The molecule has 31 heavy (non-hydrogen) atoms. The largest absolute Gasteiger partial charge is 0.340 e. The molecule has 6 heteroatoms. The predicted octanol–water partition coefficient (Wildman–Crippen LogP) is 5.55. The molecular weight excluding hydrogens is 406 g/mol. The lowest BCUT2D eigenvalue weighted by Crippen LogP contribution is -2.13. The first kappa shape index (κ1) is 19.8. The lowest BCUT2D eigenvalue weighted by Gasteiger charge is -2.10. The topological polar surface area (TPSA) is 45.5 Å². The number of likely N-dealkylation sites (tertiary alicyclic amines) is 1. The fourth-order valence-electron chi connectivity index (χ4n) is 4.36. The van der Waals surface area contributed by atoms with Gasteiger partial charge in [-0.2, -0.15) is 0 Å². The van der Waals surface area contributed by atoms with E-state index in [0.717, 1.165) is 35.6 Å². The van der Waals surface area contributed by atoms with Crippen LogP contribution in [0.3, 0.4) is 0 Å². The Labute approximate surface area is 187 Å². The number of aromatic nitrogens is 3. The van der Waals surface area contributed by atoms with E-state index in [0.29, 0.717) is 16.8 Å². The Morgan fingerprint density at radius 2 is 1.97 bits per heavy atom. The first-order valence-electron chi connectivity index (χ1n) is 10.4. The summed E-state index contributed by atoms with van der Waals surface area (Å²) < 4.78 is 2.20. The van der Waals surface area contributed by atoms with Crippen LogP contribution in [0.25, 0.3) is 22.5 Å². The van der Waals surface area contributed by atoms with E-state index in [1.165, 1.54) is 17.5 Å². The van der Waals surface area contributed by atoms with Crippen LogP contribution >= 0.6 is 11.6 Å². The molecule has 0 bridgehead atoms. The van der Waals surface area contributed by atoms with Gasteiger partial charge < -0.3 is 14.6 Å². The summed E-state index contributed by atoms with van der Waals surface area (Å²) >= 11 is 6.05. The molecule has 5 nitrogen and oxygen atoms in total. The third-order valence-electron chi connectivity index (χ3n) is 5.97. The van der Waals surface area contributed by atoms with Crippen molar-refractivity contribution >= 4 is 28.6 Å². The van der Waals surface area contributed by atoms with Crippen LogP contribution in [0.15, 0.2) is 73.8 Å². The number of anilines is 1. The fourth-order valence-corrected chi connectivity index (χ4v) is 4.52.